The van der Waals surface area contributed by atoms with Crippen LogP contribution in [0.1, 0.15) is 0 Å². The molecule has 0 spiro atoms. The van der Waals surface area contributed by atoms with Crippen LogP contribution in [0.2, 0.25) is 0 Å². The summed E-state index contributed by atoms with van der Waals surface area (Å²) in [6.07, 6.45) is 1.13. The van der Waals surface area contributed by atoms with Crippen LogP contribution in [0.25, 0.3) is 0 Å². The van der Waals surface area contributed by atoms with Crippen LogP contribution < -0.4 is 15.6 Å². The molecule has 0 saturated heterocycles. The minimum Gasteiger partial charge on any atom is -0.437 e. The lowest BCUT2D eigenvalue weighted by atomic mass is 10.3. The van der Waals surface area contributed by atoms with Crippen molar-refractivity contribution in [3.05, 3.63) is 42.6 Å². The number of nitrogen functional groups attached to an aromatic ring is 1. The van der Waals surface area contributed by atoms with E-state index in [4.69, 9.17) is 15.6 Å². The average Bonchev–Trinajstić information content (AvgIpc) is 2.32. The van der Waals surface area contributed by atoms with Gasteiger partial charge in [0.25, 0.3) is 0 Å². The van der Waals surface area contributed by atoms with Crippen LogP contribution >= 0.6 is 0 Å². The number of primary sulfonamides is 1. The first-order chi connectivity index (χ1) is 8.47. The molecule has 7 heteroatoms. The number of para-hydroxylation sites is 2. The van der Waals surface area contributed by atoms with Gasteiger partial charge in [-0.25, -0.2) is 18.5 Å². The number of aromatic nitrogens is 1. The highest BCUT2D eigenvalue weighted by atomic mass is 32.2. The highest BCUT2D eigenvalue weighted by Gasteiger charge is 2.09. The van der Waals surface area contributed by atoms with Crippen molar-refractivity contribution in [1.29, 1.82) is 0 Å². The van der Waals surface area contributed by atoms with Crippen molar-refractivity contribution < 1.29 is 13.2 Å². The Hall–Kier alpha value is -2.12. The largest absolute Gasteiger partial charge is 0.437 e. The van der Waals surface area contributed by atoms with Gasteiger partial charge in [0, 0.05) is 6.07 Å². The Bertz CT molecular complexity index is 653. The zero-order valence-electron chi connectivity index (χ0n) is 9.28. The minimum absolute atomic E-state index is 0.0733. The van der Waals surface area contributed by atoms with E-state index in [1.165, 1.54) is 12.1 Å². The lowest BCUT2D eigenvalue weighted by Crippen LogP contribution is -2.12. The summed E-state index contributed by atoms with van der Waals surface area (Å²) in [4.78, 5) is 3.77. The number of pyridine rings is 1. The average molecular weight is 265 g/mol. The van der Waals surface area contributed by atoms with E-state index in [1.54, 1.807) is 24.3 Å². The first-order valence-corrected chi connectivity index (χ1v) is 6.52. The van der Waals surface area contributed by atoms with Gasteiger partial charge in [-0.15, -0.1) is 0 Å². The molecule has 0 amide bonds. The fourth-order valence-corrected chi connectivity index (χ4v) is 1.74. The van der Waals surface area contributed by atoms with Crippen LogP contribution in [0, 0.1) is 0 Å². The van der Waals surface area contributed by atoms with Crippen LogP contribution in [0.15, 0.2) is 47.5 Å². The molecule has 0 saturated carbocycles. The molecular weight excluding hydrogens is 254 g/mol. The maximum atomic E-state index is 11.0. The predicted molar refractivity (Wildman–Crippen MR) is 66.5 cm³/mol. The Morgan fingerprint density at radius 1 is 1.11 bits per heavy atom. The molecule has 6 nitrogen and oxygen atoms in total. The number of rotatable bonds is 3. The molecule has 94 valence electrons. The van der Waals surface area contributed by atoms with Gasteiger partial charge in [0.2, 0.25) is 15.9 Å². The van der Waals surface area contributed by atoms with Gasteiger partial charge in [0.1, 0.15) is 4.90 Å². The number of hydrogen-bond acceptors (Lipinski definition) is 5. The standard InChI is InChI=1S/C11H11N3O3S/c12-9-3-1-2-4-10(9)17-11-6-5-8(7-14-11)18(13,15)16/h1-7H,12H2,(H2,13,15,16). The van der Waals surface area contributed by atoms with Gasteiger partial charge in [0.05, 0.1) is 11.9 Å². The molecular formula is C11H11N3O3S. The quantitative estimate of drug-likeness (QED) is 0.808. The zero-order chi connectivity index (χ0) is 13.2. The number of sulfonamides is 1. The highest BCUT2D eigenvalue weighted by molar-refractivity contribution is 7.89. The summed E-state index contributed by atoms with van der Waals surface area (Å²) in [7, 11) is -3.74. The number of nitrogens with two attached hydrogens (primary N) is 2. The number of ether oxygens (including phenoxy) is 1. The minimum atomic E-state index is -3.74. The van der Waals surface area contributed by atoms with E-state index in [0.717, 1.165) is 6.20 Å². The summed E-state index contributed by atoms with van der Waals surface area (Å²) in [5.74, 6) is 0.689. The van der Waals surface area contributed by atoms with Gasteiger partial charge in [-0.1, -0.05) is 12.1 Å². The second-order valence-electron chi connectivity index (χ2n) is 3.52. The van der Waals surface area contributed by atoms with Gasteiger partial charge < -0.3 is 10.5 Å². The number of benzene rings is 1. The third kappa shape index (κ3) is 2.76. The van der Waals surface area contributed by atoms with E-state index in [1.807, 2.05) is 0 Å². The molecule has 0 bridgehead atoms. The molecule has 0 atom stereocenters. The first kappa shape index (κ1) is 12.3. The van der Waals surface area contributed by atoms with Gasteiger partial charge >= 0.3 is 0 Å². The smallest absolute Gasteiger partial charge is 0.239 e. The summed E-state index contributed by atoms with van der Waals surface area (Å²) < 4.78 is 27.5. The molecule has 1 aromatic carbocycles. The summed E-state index contributed by atoms with van der Waals surface area (Å²) in [6, 6.07) is 9.64. The van der Waals surface area contributed by atoms with Crippen molar-refractivity contribution in [3.8, 4) is 11.6 Å². The second-order valence-corrected chi connectivity index (χ2v) is 5.08. The number of hydrogen-bond donors (Lipinski definition) is 2. The maximum Gasteiger partial charge on any atom is 0.239 e. The lowest BCUT2D eigenvalue weighted by Gasteiger charge is -2.07. The molecule has 0 aliphatic rings. The Labute approximate surface area is 104 Å². The molecule has 0 aliphatic heterocycles. The summed E-state index contributed by atoms with van der Waals surface area (Å²) in [6.45, 7) is 0. The van der Waals surface area contributed by atoms with E-state index in [2.05, 4.69) is 4.98 Å². The van der Waals surface area contributed by atoms with Crippen molar-refractivity contribution >= 4 is 15.7 Å². The molecule has 1 aromatic heterocycles. The topological polar surface area (TPSA) is 108 Å². The van der Waals surface area contributed by atoms with Crippen molar-refractivity contribution in [2.45, 2.75) is 4.90 Å². The summed E-state index contributed by atoms with van der Waals surface area (Å²) >= 11 is 0. The number of nitrogens with zero attached hydrogens (tertiary/aromatic N) is 1. The molecule has 2 aromatic rings. The van der Waals surface area contributed by atoms with Crippen LogP contribution in [-0.4, -0.2) is 13.4 Å². The van der Waals surface area contributed by atoms with E-state index in [9.17, 15) is 8.42 Å². The van der Waals surface area contributed by atoms with Gasteiger partial charge in [-0.3, -0.25) is 0 Å². The first-order valence-electron chi connectivity index (χ1n) is 4.98. The van der Waals surface area contributed by atoms with E-state index in [-0.39, 0.29) is 10.8 Å². The van der Waals surface area contributed by atoms with Gasteiger partial charge in [-0.05, 0) is 18.2 Å². The Balaban J connectivity index is 2.24. The molecule has 0 aliphatic carbocycles. The van der Waals surface area contributed by atoms with Crippen LogP contribution in [0.4, 0.5) is 5.69 Å². The predicted octanol–water partition coefficient (Wildman–Crippen LogP) is 1.10. The van der Waals surface area contributed by atoms with Crippen LogP contribution in [0.5, 0.6) is 11.6 Å². The molecule has 0 unspecified atom stereocenters. The molecule has 0 radical (unpaired) electrons. The van der Waals surface area contributed by atoms with Crippen LogP contribution in [0.3, 0.4) is 0 Å². The molecule has 0 fully saturated rings. The second kappa shape index (κ2) is 4.63. The monoisotopic (exact) mass is 265 g/mol. The lowest BCUT2D eigenvalue weighted by molar-refractivity contribution is 0.464. The Morgan fingerprint density at radius 3 is 2.39 bits per heavy atom. The van der Waals surface area contributed by atoms with Crippen molar-refractivity contribution in [3.63, 3.8) is 0 Å². The zero-order valence-corrected chi connectivity index (χ0v) is 10.1. The molecule has 18 heavy (non-hydrogen) atoms. The highest BCUT2D eigenvalue weighted by Crippen LogP contribution is 2.25. The number of anilines is 1. The van der Waals surface area contributed by atoms with E-state index >= 15 is 0 Å². The molecule has 4 N–H and O–H groups in total. The maximum absolute atomic E-state index is 11.0. The fourth-order valence-electron chi connectivity index (χ4n) is 1.28. The van der Waals surface area contributed by atoms with Gasteiger partial charge in [-0.2, -0.15) is 0 Å². The van der Waals surface area contributed by atoms with Crippen LogP contribution in [-0.2, 0) is 10.0 Å². The third-order valence-corrected chi connectivity index (χ3v) is 3.07. The van der Waals surface area contributed by atoms with Crippen molar-refractivity contribution in [2.24, 2.45) is 5.14 Å². The SMILES string of the molecule is Nc1ccccc1Oc1ccc(S(N)(=O)=O)cn1. The fraction of sp³-hybridized carbons (Fsp3) is 0. The summed E-state index contributed by atoms with van der Waals surface area (Å²) in [5.41, 5.74) is 6.17. The van der Waals surface area contributed by atoms with E-state index in [0.29, 0.717) is 11.4 Å². The van der Waals surface area contributed by atoms with Crippen molar-refractivity contribution in [1.82, 2.24) is 4.98 Å². The van der Waals surface area contributed by atoms with Crippen molar-refractivity contribution in [2.75, 3.05) is 5.73 Å². The molecule has 1 heterocycles. The third-order valence-electron chi connectivity index (χ3n) is 2.17. The van der Waals surface area contributed by atoms with Gasteiger partial charge in [0.15, 0.2) is 5.75 Å². The normalized spacial score (nSPS) is 11.2. The van der Waals surface area contributed by atoms with E-state index < -0.39 is 10.0 Å². The Morgan fingerprint density at radius 2 is 1.83 bits per heavy atom. The Kier molecular flexibility index (Phi) is 3.17. The summed E-state index contributed by atoms with van der Waals surface area (Å²) in [5, 5.41) is 4.95. The molecule has 2 rings (SSSR count).